The molecule has 2 rings (SSSR count). The predicted octanol–water partition coefficient (Wildman–Crippen LogP) is 2.00. The maximum atomic E-state index is 12.0. The third-order valence-electron chi connectivity index (χ3n) is 3.89. The van der Waals surface area contributed by atoms with Crippen molar-refractivity contribution in [1.82, 2.24) is 0 Å². The Balaban J connectivity index is 2.40. The van der Waals surface area contributed by atoms with Gasteiger partial charge in [-0.25, -0.2) is 4.79 Å². The number of rotatable bonds is 4. The largest absolute Gasteiger partial charge is 0.467 e. The van der Waals surface area contributed by atoms with E-state index in [0.29, 0.717) is 29.8 Å². The molecule has 2 atom stereocenters. The molecule has 1 heterocycles. The fourth-order valence-electron chi connectivity index (χ4n) is 2.56. The van der Waals surface area contributed by atoms with E-state index < -0.39 is 24.0 Å². The fraction of sp³-hybridized carbons (Fsp3) is 0.533. The minimum Gasteiger partial charge on any atom is -0.467 e. The van der Waals surface area contributed by atoms with E-state index in [1.54, 1.807) is 18.2 Å². The van der Waals surface area contributed by atoms with Crippen molar-refractivity contribution < 1.29 is 19.0 Å². The Morgan fingerprint density at radius 2 is 1.95 bits per heavy atom. The number of nitrogen functional groups attached to an aromatic ring is 2. The molecule has 0 aliphatic carbocycles. The van der Waals surface area contributed by atoms with Gasteiger partial charge in [0.15, 0.2) is 11.9 Å². The first-order valence-electron chi connectivity index (χ1n) is 7.04. The van der Waals surface area contributed by atoms with E-state index >= 15 is 0 Å². The first-order valence-corrected chi connectivity index (χ1v) is 7.04. The molecular weight excluding hydrogens is 272 g/mol. The molecule has 0 amide bonds. The number of hydrogen-bond donors (Lipinski definition) is 2. The minimum atomic E-state index is -0.833. The number of nitrogens with two attached hydrogens (primary N) is 2. The molecule has 0 saturated carbocycles. The van der Waals surface area contributed by atoms with Crippen LogP contribution < -0.4 is 11.5 Å². The van der Waals surface area contributed by atoms with Crippen LogP contribution >= 0.6 is 0 Å². The normalized spacial score (nSPS) is 24.0. The summed E-state index contributed by atoms with van der Waals surface area (Å²) in [5.74, 6) is -1.27. The molecule has 4 N–H and O–H groups in total. The van der Waals surface area contributed by atoms with Gasteiger partial charge in [-0.15, -0.1) is 0 Å². The van der Waals surface area contributed by atoms with Gasteiger partial charge in [0.1, 0.15) is 6.10 Å². The number of carbonyl (C=O) groups is 1. The molecule has 1 aromatic rings. The van der Waals surface area contributed by atoms with Crippen LogP contribution in [0.25, 0.3) is 0 Å². The molecule has 6 nitrogen and oxygen atoms in total. The van der Waals surface area contributed by atoms with Crippen LogP contribution in [-0.4, -0.2) is 25.0 Å². The molecule has 21 heavy (non-hydrogen) atoms. The van der Waals surface area contributed by atoms with Crippen molar-refractivity contribution in [3.8, 4) is 0 Å². The Morgan fingerprint density at radius 3 is 2.48 bits per heavy atom. The van der Waals surface area contributed by atoms with Crippen molar-refractivity contribution in [2.75, 3.05) is 18.6 Å². The molecule has 0 radical (unpaired) electrons. The van der Waals surface area contributed by atoms with Gasteiger partial charge in [0.2, 0.25) is 0 Å². The second-order valence-electron chi connectivity index (χ2n) is 5.11. The molecule has 0 bridgehead atoms. The number of esters is 1. The summed E-state index contributed by atoms with van der Waals surface area (Å²) in [5, 5.41) is 0. The van der Waals surface area contributed by atoms with Gasteiger partial charge in [-0.05, 0) is 25.0 Å². The zero-order valence-corrected chi connectivity index (χ0v) is 12.6. The first kappa shape index (κ1) is 15.6. The summed E-state index contributed by atoms with van der Waals surface area (Å²) in [6.45, 7) is 3.90. The lowest BCUT2D eigenvalue weighted by molar-refractivity contribution is -0.187. The fourth-order valence-corrected chi connectivity index (χ4v) is 2.56. The highest BCUT2D eigenvalue weighted by molar-refractivity contribution is 5.77. The van der Waals surface area contributed by atoms with Gasteiger partial charge in [-0.2, -0.15) is 0 Å². The summed E-state index contributed by atoms with van der Waals surface area (Å²) in [7, 11) is 1.33. The van der Waals surface area contributed by atoms with Crippen molar-refractivity contribution in [2.45, 2.75) is 44.7 Å². The molecule has 0 aromatic heterocycles. The van der Waals surface area contributed by atoms with Crippen LogP contribution in [0, 0.1) is 0 Å². The Bertz CT molecular complexity index is 528. The highest BCUT2D eigenvalue weighted by Crippen LogP contribution is 2.44. The number of hydrogen-bond acceptors (Lipinski definition) is 6. The van der Waals surface area contributed by atoms with Crippen LogP contribution in [0.4, 0.5) is 11.4 Å². The third-order valence-corrected chi connectivity index (χ3v) is 3.89. The number of anilines is 2. The molecular formula is C15H22N2O4. The summed E-state index contributed by atoms with van der Waals surface area (Å²) in [6.07, 6.45) is -0.177. The summed E-state index contributed by atoms with van der Waals surface area (Å²) in [4.78, 5) is 12.0. The van der Waals surface area contributed by atoms with E-state index in [0.717, 1.165) is 0 Å². The lowest BCUT2D eigenvalue weighted by Crippen LogP contribution is -2.32. The molecule has 1 aliphatic heterocycles. The van der Waals surface area contributed by atoms with Crippen LogP contribution in [0.2, 0.25) is 0 Å². The van der Waals surface area contributed by atoms with E-state index in [1.807, 2.05) is 13.8 Å². The maximum absolute atomic E-state index is 12.0. The third kappa shape index (κ3) is 2.82. The Labute approximate surface area is 124 Å². The summed E-state index contributed by atoms with van der Waals surface area (Å²) in [6, 6.07) is 5.13. The number of benzene rings is 1. The molecule has 1 saturated heterocycles. The van der Waals surface area contributed by atoms with E-state index in [1.165, 1.54) is 7.11 Å². The van der Waals surface area contributed by atoms with Gasteiger partial charge in [0, 0.05) is 16.9 Å². The predicted molar refractivity (Wildman–Crippen MR) is 79.3 cm³/mol. The average molecular weight is 294 g/mol. The van der Waals surface area contributed by atoms with E-state index in [4.69, 9.17) is 25.7 Å². The molecule has 1 fully saturated rings. The zero-order chi connectivity index (χ0) is 15.6. The van der Waals surface area contributed by atoms with Gasteiger partial charge in [0.05, 0.1) is 7.11 Å². The van der Waals surface area contributed by atoms with Crippen molar-refractivity contribution in [3.63, 3.8) is 0 Å². The minimum absolute atomic E-state index is 0.472. The van der Waals surface area contributed by atoms with E-state index in [-0.39, 0.29) is 0 Å². The molecule has 116 valence electrons. The van der Waals surface area contributed by atoms with Crippen LogP contribution in [-0.2, 0) is 19.0 Å². The quantitative estimate of drug-likeness (QED) is 0.651. The van der Waals surface area contributed by atoms with Crippen molar-refractivity contribution in [3.05, 3.63) is 23.8 Å². The number of ether oxygens (including phenoxy) is 3. The molecule has 0 unspecified atom stereocenters. The number of carbonyl (C=O) groups excluding carboxylic acids is 1. The topological polar surface area (TPSA) is 96.8 Å². The van der Waals surface area contributed by atoms with Gasteiger partial charge in [0.25, 0.3) is 0 Å². The molecule has 1 aliphatic rings. The molecule has 6 heteroatoms. The standard InChI is InChI=1S/C15H22N2O4/c1-4-15(5-2)20-12(13(21-15)14(18)19-3)10-7-6-9(16)8-11(10)17/h6-8,12-13H,4-5,16-17H2,1-3H3/t12-,13+/m0/s1. The Kier molecular flexibility index (Phi) is 4.39. The smallest absolute Gasteiger partial charge is 0.338 e. The van der Waals surface area contributed by atoms with Crippen molar-refractivity contribution >= 4 is 17.3 Å². The lowest BCUT2D eigenvalue weighted by atomic mass is 10.0. The van der Waals surface area contributed by atoms with Gasteiger partial charge >= 0.3 is 5.97 Å². The van der Waals surface area contributed by atoms with E-state index in [9.17, 15) is 4.79 Å². The van der Waals surface area contributed by atoms with Crippen LogP contribution in [0.1, 0.15) is 38.4 Å². The second kappa shape index (κ2) is 5.91. The molecule has 0 spiro atoms. The first-order chi connectivity index (χ1) is 9.96. The maximum Gasteiger partial charge on any atom is 0.338 e. The monoisotopic (exact) mass is 294 g/mol. The summed E-state index contributed by atoms with van der Waals surface area (Å²) in [5.41, 5.74) is 13.4. The highest BCUT2D eigenvalue weighted by Gasteiger charge is 2.50. The van der Waals surface area contributed by atoms with Crippen LogP contribution in [0.15, 0.2) is 18.2 Å². The SMILES string of the molecule is CCC1(CC)O[C@@H](C(=O)OC)[C@H](c2ccc(N)cc2N)O1. The Morgan fingerprint density at radius 1 is 1.29 bits per heavy atom. The second-order valence-corrected chi connectivity index (χ2v) is 5.11. The summed E-state index contributed by atoms with van der Waals surface area (Å²) < 4.78 is 16.7. The van der Waals surface area contributed by atoms with E-state index in [2.05, 4.69) is 0 Å². The Hall–Kier alpha value is -1.79. The van der Waals surface area contributed by atoms with Crippen LogP contribution in [0.3, 0.4) is 0 Å². The average Bonchev–Trinajstić information content (AvgIpc) is 2.87. The van der Waals surface area contributed by atoms with Crippen molar-refractivity contribution in [1.29, 1.82) is 0 Å². The van der Waals surface area contributed by atoms with Crippen molar-refractivity contribution in [2.24, 2.45) is 0 Å². The van der Waals surface area contributed by atoms with Gasteiger partial charge < -0.3 is 25.7 Å². The highest BCUT2D eigenvalue weighted by atomic mass is 16.8. The molecule has 1 aromatic carbocycles. The zero-order valence-electron chi connectivity index (χ0n) is 12.6. The number of methoxy groups -OCH3 is 1. The van der Waals surface area contributed by atoms with Gasteiger partial charge in [-0.1, -0.05) is 19.9 Å². The van der Waals surface area contributed by atoms with Gasteiger partial charge in [-0.3, -0.25) is 0 Å². The lowest BCUT2D eigenvalue weighted by Gasteiger charge is -2.25. The van der Waals surface area contributed by atoms with Crippen LogP contribution in [0.5, 0.6) is 0 Å². The summed E-state index contributed by atoms with van der Waals surface area (Å²) >= 11 is 0.